The SMILES string of the molecule is CC(=O)O[C@@H]1[C@@H](OC(C)=O)[C@H](OC(C)=O)[C@@]2(OC(C)=O)CCN3C(=O)c4cc5c(cc4[C@H]1[C@H]32)OCO5. The maximum absolute atomic E-state index is 13.7. The van der Waals surface area contributed by atoms with E-state index < -0.39 is 59.7 Å². The standard InChI is InChI=1S/C24H25NO11/c1-10(26)33-19-18-14-7-16-17(32-9-31-16)8-15(14)23(30)25-6-5-24(21(18)25,36-13(4)29)22(35-12(3)28)20(19)34-11(2)27/h7-8,18-22H,5-6,9H2,1-4H3/t18-,19+,20-,21+,22+,24-/m1/s1. The van der Waals surface area contributed by atoms with Crippen molar-refractivity contribution in [2.75, 3.05) is 13.3 Å². The van der Waals surface area contributed by atoms with Crippen LogP contribution in [0, 0.1) is 0 Å². The van der Waals surface area contributed by atoms with Gasteiger partial charge in [-0.3, -0.25) is 24.0 Å². The Morgan fingerprint density at radius 3 is 2.11 bits per heavy atom. The van der Waals surface area contributed by atoms with Crippen molar-refractivity contribution < 1.29 is 52.4 Å². The predicted molar refractivity (Wildman–Crippen MR) is 116 cm³/mol. The Balaban J connectivity index is 1.77. The summed E-state index contributed by atoms with van der Waals surface area (Å²) in [5, 5.41) is 0. The van der Waals surface area contributed by atoms with Gasteiger partial charge < -0.3 is 33.3 Å². The summed E-state index contributed by atoms with van der Waals surface area (Å²) < 4.78 is 33.8. The fourth-order valence-corrected chi connectivity index (χ4v) is 6.07. The molecule has 1 saturated carbocycles. The van der Waals surface area contributed by atoms with E-state index in [9.17, 15) is 24.0 Å². The highest BCUT2D eigenvalue weighted by molar-refractivity contribution is 5.99. The van der Waals surface area contributed by atoms with Gasteiger partial charge in [-0.1, -0.05) is 0 Å². The van der Waals surface area contributed by atoms with Gasteiger partial charge in [0.05, 0.1) is 12.0 Å². The fourth-order valence-electron chi connectivity index (χ4n) is 6.07. The lowest BCUT2D eigenvalue weighted by atomic mass is 9.64. The summed E-state index contributed by atoms with van der Waals surface area (Å²) in [6, 6.07) is 2.30. The maximum Gasteiger partial charge on any atom is 0.303 e. The lowest BCUT2D eigenvalue weighted by molar-refractivity contribution is -0.243. The molecule has 12 nitrogen and oxygen atoms in total. The van der Waals surface area contributed by atoms with Crippen LogP contribution in [-0.2, 0) is 38.1 Å². The molecule has 0 aromatic heterocycles. The number of hydrogen-bond donors (Lipinski definition) is 0. The van der Waals surface area contributed by atoms with Crippen molar-refractivity contribution in [1.29, 1.82) is 0 Å². The highest BCUT2D eigenvalue weighted by Crippen LogP contribution is 2.56. The fraction of sp³-hybridized carbons (Fsp3) is 0.542. The third kappa shape index (κ3) is 3.54. The second-order valence-corrected chi connectivity index (χ2v) is 9.24. The number of amides is 1. The summed E-state index contributed by atoms with van der Waals surface area (Å²) in [6.07, 6.45) is -3.76. The van der Waals surface area contributed by atoms with E-state index in [0.717, 1.165) is 13.8 Å². The van der Waals surface area contributed by atoms with Crippen LogP contribution in [0.2, 0.25) is 0 Å². The van der Waals surface area contributed by atoms with Crippen LogP contribution in [0.25, 0.3) is 0 Å². The minimum atomic E-state index is -1.57. The van der Waals surface area contributed by atoms with Crippen molar-refractivity contribution in [1.82, 2.24) is 4.90 Å². The number of nitrogens with zero attached hydrogens (tertiary/aromatic N) is 1. The number of hydrogen-bond acceptors (Lipinski definition) is 11. The van der Waals surface area contributed by atoms with Crippen LogP contribution < -0.4 is 9.47 Å². The van der Waals surface area contributed by atoms with Gasteiger partial charge in [-0.05, 0) is 17.7 Å². The summed E-state index contributed by atoms with van der Waals surface area (Å²) in [5.41, 5.74) is -0.819. The number of benzene rings is 1. The van der Waals surface area contributed by atoms with Crippen LogP contribution in [0.15, 0.2) is 12.1 Å². The molecule has 3 aliphatic heterocycles. The number of carbonyl (C=O) groups excluding carboxylic acids is 5. The Labute approximate surface area is 205 Å². The molecule has 36 heavy (non-hydrogen) atoms. The molecular weight excluding hydrogens is 478 g/mol. The zero-order chi connectivity index (χ0) is 25.9. The molecule has 0 bridgehead atoms. The number of carbonyl (C=O) groups is 5. The molecule has 2 fully saturated rings. The van der Waals surface area contributed by atoms with Gasteiger partial charge in [-0.25, -0.2) is 0 Å². The normalized spacial score (nSPS) is 31.2. The predicted octanol–water partition coefficient (Wildman–Crippen LogP) is 0.838. The number of fused-ring (bicyclic) bond motifs is 3. The minimum absolute atomic E-state index is 0.0282. The summed E-state index contributed by atoms with van der Waals surface area (Å²) in [7, 11) is 0. The van der Waals surface area contributed by atoms with E-state index in [4.69, 9.17) is 28.4 Å². The first-order valence-corrected chi connectivity index (χ1v) is 11.5. The smallest absolute Gasteiger partial charge is 0.303 e. The summed E-state index contributed by atoms with van der Waals surface area (Å²) in [5.74, 6) is -3.20. The van der Waals surface area contributed by atoms with Crippen LogP contribution in [0.5, 0.6) is 11.5 Å². The highest BCUT2D eigenvalue weighted by atomic mass is 16.7. The van der Waals surface area contributed by atoms with E-state index in [0.29, 0.717) is 22.6 Å². The largest absolute Gasteiger partial charge is 0.458 e. The molecule has 0 radical (unpaired) electrons. The maximum atomic E-state index is 13.7. The van der Waals surface area contributed by atoms with Gasteiger partial charge in [0.15, 0.2) is 35.4 Å². The van der Waals surface area contributed by atoms with Crippen LogP contribution in [0.1, 0.15) is 56.0 Å². The van der Waals surface area contributed by atoms with E-state index in [1.807, 2.05) is 0 Å². The van der Waals surface area contributed by atoms with E-state index >= 15 is 0 Å². The second-order valence-electron chi connectivity index (χ2n) is 9.24. The van der Waals surface area contributed by atoms with E-state index in [-0.39, 0.29) is 25.7 Å². The Bertz CT molecular complexity index is 1180. The molecule has 0 unspecified atom stereocenters. The summed E-state index contributed by atoms with van der Waals surface area (Å²) in [6.45, 7) is 4.84. The van der Waals surface area contributed by atoms with Crippen molar-refractivity contribution >= 4 is 29.8 Å². The van der Waals surface area contributed by atoms with E-state index in [1.165, 1.54) is 18.7 Å². The summed E-state index contributed by atoms with van der Waals surface area (Å²) in [4.78, 5) is 64.2. The first-order valence-electron chi connectivity index (χ1n) is 11.5. The Kier molecular flexibility index (Phi) is 5.56. The van der Waals surface area contributed by atoms with Crippen LogP contribution >= 0.6 is 0 Å². The Morgan fingerprint density at radius 2 is 1.50 bits per heavy atom. The molecule has 12 heteroatoms. The second kappa shape index (κ2) is 8.38. The topological polar surface area (TPSA) is 144 Å². The van der Waals surface area contributed by atoms with Crippen molar-refractivity contribution in [3.8, 4) is 11.5 Å². The van der Waals surface area contributed by atoms with Gasteiger partial charge in [-0.2, -0.15) is 0 Å². The summed E-state index contributed by atoms with van der Waals surface area (Å²) >= 11 is 0. The number of esters is 4. The lowest BCUT2D eigenvalue weighted by Crippen LogP contribution is -2.72. The number of ether oxygens (including phenoxy) is 6. The molecule has 1 aromatic carbocycles. The minimum Gasteiger partial charge on any atom is -0.458 e. The molecule has 0 spiro atoms. The highest BCUT2D eigenvalue weighted by Gasteiger charge is 2.72. The monoisotopic (exact) mass is 503 g/mol. The molecule has 1 aliphatic carbocycles. The third-order valence-electron chi connectivity index (χ3n) is 7.00. The van der Waals surface area contributed by atoms with Crippen molar-refractivity contribution in [3.63, 3.8) is 0 Å². The number of rotatable bonds is 4. The third-order valence-corrected chi connectivity index (χ3v) is 7.00. The van der Waals surface area contributed by atoms with Crippen LogP contribution in [0.3, 0.4) is 0 Å². The molecular formula is C24H25NO11. The van der Waals surface area contributed by atoms with Gasteiger partial charge in [0.1, 0.15) is 0 Å². The molecule has 3 heterocycles. The molecule has 0 N–H and O–H groups in total. The van der Waals surface area contributed by atoms with Crippen molar-refractivity contribution in [3.05, 3.63) is 23.3 Å². The zero-order valence-electron chi connectivity index (χ0n) is 20.1. The van der Waals surface area contributed by atoms with Crippen molar-refractivity contribution in [2.45, 2.75) is 70.0 Å². The quantitative estimate of drug-likeness (QED) is 0.426. The molecule has 4 aliphatic rings. The van der Waals surface area contributed by atoms with Crippen LogP contribution in [0.4, 0.5) is 0 Å². The van der Waals surface area contributed by atoms with Gasteiger partial charge in [0.2, 0.25) is 6.79 Å². The van der Waals surface area contributed by atoms with Gasteiger partial charge >= 0.3 is 23.9 Å². The van der Waals surface area contributed by atoms with Crippen LogP contribution in [-0.4, -0.2) is 78.0 Å². The molecule has 5 rings (SSSR count). The van der Waals surface area contributed by atoms with Gasteiger partial charge in [0.25, 0.3) is 5.91 Å². The molecule has 6 atom stereocenters. The zero-order valence-corrected chi connectivity index (χ0v) is 20.1. The van der Waals surface area contributed by atoms with Gasteiger partial charge in [0, 0.05) is 46.2 Å². The first kappa shape index (κ1) is 23.9. The van der Waals surface area contributed by atoms with E-state index in [2.05, 4.69) is 0 Å². The van der Waals surface area contributed by atoms with Crippen molar-refractivity contribution in [2.24, 2.45) is 0 Å². The van der Waals surface area contributed by atoms with E-state index in [1.54, 1.807) is 12.1 Å². The average molecular weight is 503 g/mol. The average Bonchev–Trinajstić information content (AvgIpc) is 3.38. The molecule has 192 valence electrons. The molecule has 1 saturated heterocycles. The molecule has 1 aromatic rings. The Morgan fingerprint density at radius 1 is 0.889 bits per heavy atom. The van der Waals surface area contributed by atoms with Gasteiger partial charge in [-0.15, -0.1) is 0 Å². The Hall–Kier alpha value is -3.83. The first-order chi connectivity index (χ1) is 17.0. The lowest BCUT2D eigenvalue weighted by Gasteiger charge is -2.55. The molecule has 1 amide bonds.